The zero-order valence-electron chi connectivity index (χ0n) is 21.6. The van der Waals surface area contributed by atoms with E-state index in [1.807, 2.05) is 4.57 Å². The van der Waals surface area contributed by atoms with Crippen LogP contribution >= 0.6 is 11.6 Å². The minimum Gasteiger partial charge on any atom is -0.361 e. The van der Waals surface area contributed by atoms with E-state index >= 15 is 0 Å². The standard InChI is InChI=1S/C26H30ClF3N6O3/c1-3-20(38-13-26(28,29)30)24-33-18-9-19(23-34-25(37)39-35-23)32-21(16-8-17(27)11-31-10-16)22(18)36(24)12-15-6-4-14(2)5-7-15/h8-11,14-15,20,23,35H,3-7,12-13H2,1-2H3,(H,34,37). The Morgan fingerprint density at radius 2 is 1.97 bits per heavy atom. The maximum Gasteiger partial charge on any atom is 0.427 e. The van der Waals surface area contributed by atoms with E-state index in [2.05, 4.69) is 22.7 Å². The van der Waals surface area contributed by atoms with Gasteiger partial charge in [-0.05, 0) is 43.2 Å². The van der Waals surface area contributed by atoms with E-state index in [4.69, 9.17) is 31.1 Å². The number of aromatic nitrogens is 4. The van der Waals surface area contributed by atoms with Crippen molar-refractivity contribution in [2.45, 2.75) is 70.9 Å². The Hall–Kier alpha value is -2.96. The maximum atomic E-state index is 13.1. The number of carbonyl (C=O) groups is 1. The fourth-order valence-corrected chi connectivity index (χ4v) is 5.45. The van der Waals surface area contributed by atoms with Gasteiger partial charge in [-0.1, -0.05) is 38.3 Å². The Morgan fingerprint density at radius 3 is 2.62 bits per heavy atom. The van der Waals surface area contributed by atoms with Gasteiger partial charge in [0.05, 0.1) is 27.4 Å². The molecule has 2 atom stereocenters. The zero-order valence-corrected chi connectivity index (χ0v) is 22.3. The van der Waals surface area contributed by atoms with Crippen LogP contribution in [0.5, 0.6) is 0 Å². The molecule has 5 rings (SSSR count). The molecule has 39 heavy (non-hydrogen) atoms. The fourth-order valence-electron chi connectivity index (χ4n) is 5.28. The van der Waals surface area contributed by atoms with Crippen LogP contribution in [-0.2, 0) is 16.1 Å². The SMILES string of the molecule is CCC(OCC(F)(F)F)c1nc2cc(C3NOC(=O)N3)nc(-c3cncc(Cl)c3)c2n1CC1CCC(C)CC1. The zero-order chi connectivity index (χ0) is 27.7. The number of amides is 1. The number of carbonyl (C=O) groups excluding carboxylic acids is 1. The highest BCUT2D eigenvalue weighted by molar-refractivity contribution is 6.30. The van der Waals surface area contributed by atoms with Crippen LogP contribution in [0.15, 0.2) is 24.5 Å². The Morgan fingerprint density at radius 1 is 1.21 bits per heavy atom. The van der Waals surface area contributed by atoms with Gasteiger partial charge in [0.15, 0.2) is 6.17 Å². The van der Waals surface area contributed by atoms with E-state index in [0.29, 0.717) is 63.6 Å². The molecule has 1 amide bonds. The van der Waals surface area contributed by atoms with E-state index in [9.17, 15) is 18.0 Å². The molecule has 0 aromatic carbocycles. The van der Waals surface area contributed by atoms with E-state index < -0.39 is 31.1 Å². The number of rotatable bonds is 8. The Balaban J connectivity index is 1.68. The number of pyridine rings is 2. The average molecular weight is 567 g/mol. The predicted octanol–water partition coefficient (Wildman–Crippen LogP) is 6.25. The van der Waals surface area contributed by atoms with Crippen LogP contribution in [0.2, 0.25) is 5.02 Å². The molecule has 9 nitrogen and oxygen atoms in total. The lowest BCUT2D eigenvalue weighted by atomic mass is 9.83. The topological polar surface area (TPSA) is 103 Å². The lowest BCUT2D eigenvalue weighted by molar-refractivity contribution is -0.187. The summed E-state index contributed by atoms with van der Waals surface area (Å²) in [7, 11) is 0. The van der Waals surface area contributed by atoms with Crippen molar-refractivity contribution in [3.63, 3.8) is 0 Å². The molecule has 1 saturated heterocycles. The van der Waals surface area contributed by atoms with Gasteiger partial charge in [0.2, 0.25) is 0 Å². The second-order valence-electron chi connectivity index (χ2n) is 10.3. The van der Waals surface area contributed by atoms with Crippen molar-refractivity contribution in [2.75, 3.05) is 6.61 Å². The number of hydroxylamine groups is 1. The highest BCUT2D eigenvalue weighted by Crippen LogP contribution is 2.37. The molecule has 13 heteroatoms. The molecule has 0 bridgehead atoms. The molecular formula is C26H30ClF3N6O3. The Kier molecular flexibility index (Phi) is 7.97. The molecule has 2 unspecified atom stereocenters. The smallest absolute Gasteiger partial charge is 0.361 e. The lowest BCUT2D eigenvalue weighted by Gasteiger charge is -2.28. The highest BCUT2D eigenvalue weighted by Gasteiger charge is 2.33. The fraction of sp³-hybridized carbons (Fsp3) is 0.538. The molecule has 3 aromatic heterocycles. The number of fused-ring (bicyclic) bond motifs is 1. The Bertz CT molecular complexity index is 1340. The van der Waals surface area contributed by atoms with E-state index in [0.717, 1.165) is 25.7 Å². The molecule has 2 N–H and O–H groups in total. The van der Waals surface area contributed by atoms with Gasteiger partial charge in [0.1, 0.15) is 18.5 Å². The molecule has 210 valence electrons. The van der Waals surface area contributed by atoms with E-state index in [-0.39, 0.29) is 0 Å². The van der Waals surface area contributed by atoms with Gasteiger partial charge < -0.3 is 14.1 Å². The van der Waals surface area contributed by atoms with Gasteiger partial charge in [-0.3, -0.25) is 10.3 Å². The summed E-state index contributed by atoms with van der Waals surface area (Å²) >= 11 is 6.27. The summed E-state index contributed by atoms with van der Waals surface area (Å²) in [4.78, 5) is 30.4. The molecule has 3 aromatic rings. The van der Waals surface area contributed by atoms with Gasteiger partial charge in [-0.15, -0.1) is 5.48 Å². The molecule has 2 aliphatic rings. The van der Waals surface area contributed by atoms with E-state index in [1.54, 1.807) is 25.3 Å². The van der Waals surface area contributed by atoms with Crippen LogP contribution in [0.1, 0.15) is 69.7 Å². The van der Waals surface area contributed by atoms with Gasteiger partial charge >= 0.3 is 12.3 Å². The number of hydrogen-bond donors (Lipinski definition) is 2. The van der Waals surface area contributed by atoms with Gasteiger partial charge in [-0.25, -0.2) is 14.8 Å². The van der Waals surface area contributed by atoms with Crippen LogP contribution in [0, 0.1) is 11.8 Å². The van der Waals surface area contributed by atoms with Crippen molar-refractivity contribution in [1.82, 2.24) is 30.3 Å². The molecule has 1 aliphatic heterocycles. The average Bonchev–Trinajstić information content (AvgIpc) is 3.48. The van der Waals surface area contributed by atoms with Crippen molar-refractivity contribution in [1.29, 1.82) is 0 Å². The second-order valence-corrected chi connectivity index (χ2v) is 10.7. The second kappa shape index (κ2) is 11.3. The number of hydrogen-bond acceptors (Lipinski definition) is 7. The molecule has 0 radical (unpaired) electrons. The number of nitrogens with zero attached hydrogens (tertiary/aromatic N) is 4. The third kappa shape index (κ3) is 6.28. The summed E-state index contributed by atoms with van der Waals surface area (Å²) in [6, 6.07) is 3.41. The quantitative estimate of drug-likeness (QED) is 0.332. The Labute approximate surface area is 228 Å². The summed E-state index contributed by atoms with van der Waals surface area (Å²) in [5.41, 5.74) is 5.26. The minimum absolute atomic E-state index is 0.295. The third-order valence-corrected chi connectivity index (χ3v) is 7.47. The predicted molar refractivity (Wildman–Crippen MR) is 137 cm³/mol. The molecule has 1 saturated carbocycles. The first-order valence-electron chi connectivity index (χ1n) is 13.0. The molecule has 0 spiro atoms. The van der Waals surface area contributed by atoms with Crippen molar-refractivity contribution < 1.29 is 27.5 Å². The first-order chi connectivity index (χ1) is 18.6. The number of nitrogens with one attached hydrogen (secondary N) is 2. The number of imidazole rings is 1. The van der Waals surface area contributed by atoms with Crippen molar-refractivity contribution in [3.8, 4) is 11.3 Å². The maximum absolute atomic E-state index is 13.1. The van der Waals surface area contributed by atoms with Crippen LogP contribution < -0.4 is 10.8 Å². The molecule has 2 fully saturated rings. The van der Waals surface area contributed by atoms with Crippen LogP contribution in [-0.4, -0.2) is 38.4 Å². The normalized spacial score (nSPS) is 22.6. The van der Waals surface area contributed by atoms with Gasteiger partial charge in [0.25, 0.3) is 0 Å². The molecule has 4 heterocycles. The third-order valence-electron chi connectivity index (χ3n) is 7.26. The number of halogens is 4. The highest BCUT2D eigenvalue weighted by atomic mass is 35.5. The van der Waals surface area contributed by atoms with Crippen molar-refractivity contribution >= 4 is 28.7 Å². The summed E-state index contributed by atoms with van der Waals surface area (Å²) in [6.45, 7) is 3.20. The van der Waals surface area contributed by atoms with Crippen LogP contribution in [0.3, 0.4) is 0 Å². The first kappa shape index (κ1) is 27.6. The minimum atomic E-state index is -4.47. The van der Waals surface area contributed by atoms with Crippen LogP contribution in [0.25, 0.3) is 22.3 Å². The van der Waals surface area contributed by atoms with Crippen LogP contribution in [0.4, 0.5) is 18.0 Å². The van der Waals surface area contributed by atoms with Crippen molar-refractivity contribution in [2.24, 2.45) is 11.8 Å². The molecular weight excluding hydrogens is 537 g/mol. The molecule has 1 aliphatic carbocycles. The lowest BCUT2D eigenvalue weighted by Crippen LogP contribution is -2.24. The first-order valence-corrected chi connectivity index (χ1v) is 13.4. The van der Waals surface area contributed by atoms with Crippen molar-refractivity contribution in [3.05, 3.63) is 41.1 Å². The largest absolute Gasteiger partial charge is 0.427 e. The van der Waals surface area contributed by atoms with E-state index in [1.165, 1.54) is 6.20 Å². The summed E-state index contributed by atoms with van der Waals surface area (Å²) in [6.07, 6.45) is 0.860. The van der Waals surface area contributed by atoms with Gasteiger partial charge in [0, 0.05) is 24.5 Å². The van der Waals surface area contributed by atoms with Gasteiger partial charge in [-0.2, -0.15) is 13.2 Å². The monoisotopic (exact) mass is 566 g/mol. The summed E-state index contributed by atoms with van der Waals surface area (Å²) in [5.74, 6) is 1.38. The number of alkyl halides is 3. The summed E-state index contributed by atoms with van der Waals surface area (Å²) < 4.78 is 46.7. The number of ether oxygens (including phenoxy) is 1. The summed E-state index contributed by atoms with van der Waals surface area (Å²) in [5, 5.41) is 3.03.